The molecule has 0 fully saturated rings. The summed E-state index contributed by atoms with van der Waals surface area (Å²) in [5.41, 5.74) is 0.749. The first-order chi connectivity index (χ1) is 8.74. The maximum atomic E-state index is 13.4. The predicted molar refractivity (Wildman–Crippen MR) is 72.1 cm³/mol. The number of nitrogens with one attached hydrogen (secondary N) is 1. The smallest absolute Gasteiger partial charge is 0.127 e. The molecule has 0 saturated heterocycles. The second kappa shape index (κ2) is 9.03. The molecule has 0 spiro atoms. The van der Waals surface area contributed by atoms with E-state index in [0.29, 0.717) is 6.54 Å². The molecule has 1 aromatic rings. The Labute approximate surface area is 109 Å². The largest absolute Gasteiger partial charge is 0.385 e. The second-order valence-electron chi connectivity index (χ2n) is 4.43. The van der Waals surface area contributed by atoms with Crippen molar-refractivity contribution in [3.05, 3.63) is 35.6 Å². The van der Waals surface area contributed by atoms with Crippen molar-refractivity contribution in [3.63, 3.8) is 0 Å². The molecule has 0 aliphatic rings. The number of methoxy groups -OCH3 is 1. The summed E-state index contributed by atoms with van der Waals surface area (Å²) < 4.78 is 18.4. The van der Waals surface area contributed by atoms with E-state index in [0.717, 1.165) is 38.2 Å². The van der Waals surface area contributed by atoms with Crippen molar-refractivity contribution in [1.82, 2.24) is 10.2 Å². The average molecular weight is 254 g/mol. The Bertz CT molecular complexity index is 333. The van der Waals surface area contributed by atoms with E-state index in [1.165, 1.54) is 6.07 Å². The van der Waals surface area contributed by atoms with Crippen LogP contribution in [0.5, 0.6) is 0 Å². The molecular weight excluding hydrogens is 231 g/mol. The van der Waals surface area contributed by atoms with Crippen LogP contribution in [0, 0.1) is 5.82 Å². The quantitative estimate of drug-likeness (QED) is 0.681. The summed E-state index contributed by atoms with van der Waals surface area (Å²) in [6, 6.07) is 6.93. The zero-order valence-corrected chi connectivity index (χ0v) is 11.3. The Morgan fingerprint density at radius 3 is 2.78 bits per heavy atom. The van der Waals surface area contributed by atoms with Gasteiger partial charge in [0.05, 0.1) is 0 Å². The van der Waals surface area contributed by atoms with Crippen molar-refractivity contribution in [2.75, 3.05) is 40.4 Å². The zero-order valence-electron chi connectivity index (χ0n) is 11.3. The van der Waals surface area contributed by atoms with Crippen molar-refractivity contribution in [2.24, 2.45) is 0 Å². The lowest BCUT2D eigenvalue weighted by molar-refractivity contribution is 0.194. The van der Waals surface area contributed by atoms with Gasteiger partial charge >= 0.3 is 0 Å². The molecule has 0 aliphatic carbocycles. The molecule has 4 heteroatoms. The number of likely N-dealkylation sites (N-methyl/N-ethyl adjacent to an activating group) is 1. The lowest BCUT2D eigenvalue weighted by Crippen LogP contribution is -2.30. The third kappa shape index (κ3) is 6.10. The molecule has 1 rings (SSSR count). The van der Waals surface area contributed by atoms with Gasteiger partial charge in [0.1, 0.15) is 5.82 Å². The standard InChI is InChI=1S/C14H23FN2O/c1-17(10-9-16-8-5-11-18-2)12-13-6-3-4-7-14(13)15/h3-4,6-7,16H,5,8-12H2,1-2H3. The van der Waals surface area contributed by atoms with Gasteiger partial charge < -0.3 is 15.0 Å². The van der Waals surface area contributed by atoms with Gasteiger partial charge in [0.25, 0.3) is 0 Å². The molecule has 0 saturated carbocycles. The number of ether oxygens (including phenoxy) is 1. The van der Waals surface area contributed by atoms with Gasteiger partial charge in [-0.1, -0.05) is 18.2 Å². The van der Waals surface area contributed by atoms with Crippen LogP contribution in [0.2, 0.25) is 0 Å². The third-order valence-corrected chi connectivity index (χ3v) is 2.77. The number of hydrogen-bond donors (Lipinski definition) is 1. The molecule has 0 heterocycles. The van der Waals surface area contributed by atoms with E-state index in [9.17, 15) is 4.39 Å². The van der Waals surface area contributed by atoms with Crippen LogP contribution in [0.3, 0.4) is 0 Å². The molecule has 0 aliphatic heterocycles. The normalized spacial score (nSPS) is 11.1. The molecule has 0 bridgehead atoms. The molecular formula is C14H23FN2O. The van der Waals surface area contributed by atoms with E-state index in [4.69, 9.17) is 4.74 Å². The highest BCUT2D eigenvalue weighted by Crippen LogP contribution is 2.08. The van der Waals surface area contributed by atoms with E-state index >= 15 is 0 Å². The maximum Gasteiger partial charge on any atom is 0.127 e. The van der Waals surface area contributed by atoms with E-state index < -0.39 is 0 Å². The van der Waals surface area contributed by atoms with Crippen molar-refractivity contribution in [2.45, 2.75) is 13.0 Å². The number of rotatable bonds is 9. The van der Waals surface area contributed by atoms with Crippen LogP contribution in [0.4, 0.5) is 4.39 Å². The van der Waals surface area contributed by atoms with Gasteiger partial charge in [-0.3, -0.25) is 0 Å². The fourth-order valence-electron chi connectivity index (χ4n) is 1.73. The van der Waals surface area contributed by atoms with Crippen LogP contribution < -0.4 is 5.32 Å². The fourth-order valence-corrected chi connectivity index (χ4v) is 1.73. The Morgan fingerprint density at radius 2 is 2.06 bits per heavy atom. The highest BCUT2D eigenvalue weighted by molar-refractivity contribution is 5.16. The lowest BCUT2D eigenvalue weighted by Gasteiger charge is -2.17. The highest BCUT2D eigenvalue weighted by atomic mass is 19.1. The van der Waals surface area contributed by atoms with Crippen molar-refractivity contribution < 1.29 is 9.13 Å². The molecule has 0 aromatic heterocycles. The number of hydrogen-bond acceptors (Lipinski definition) is 3. The first-order valence-electron chi connectivity index (χ1n) is 6.35. The van der Waals surface area contributed by atoms with Crippen LogP contribution in [0.1, 0.15) is 12.0 Å². The SMILES string of the molecule is COCCCNCCN(C)Cc1ccccc1F. The third-order valence-electron chi connectivity index (χ3n) is 2.77. The summed E-state index contributed by atoms with van der Waals surface area (Å²) in [5.74, 6) is -0.127. The van der Waals surface area contributed by atoms with Gasteiger partial charge in [0.2, 0.25) is 0 Å². The molecule has 3 nitrogen and oxygen atoms in total. The lowest BCUT2D eigenvalue weighted by atomic mass is 10.2. The topological polar surface area (TPSA) is 24.5 Å². The van der Waals surface area contributed by atoms with Gasteiger partial charge in [0, 0.05) is 38.9 Å². The van der Waals surface area contributed by atoms with E-state index in [-0.39, 0.29) is 5.82 Å². The van der Waals surface area contributed by atoms with Crippen LogP contribution in [-0.4, -0.2) is 45.3 Å². The first-order valence-corrected chi connectivity index (χ1v) is 6.35. The zero-order chi connectivity index (χ0) is 13.2. The second-order valence-corrected chi connectivity index (χ2v) is 4.43. The van der Waals surface area contributed by atoms with Crippen LogP contribution in [0.25, 0.3) is 0 Å². The predicted octanol–water partition coefficient (Wildman–Crippen LogP) is 1.88. The Kier molecular flexibility index (Phi) is 7.57. The summed E-state index contributed by atoms with van der Waals surface area (Å²) >= 11 is 0. The molecule has 1 N–H and O–H groups in total. The van der Waals surface area contributed by atoms with Crippen LogP contribution >= 0.6 is 0 Å². The van der Waals surface area contributed by atoms with Crippen molar-refractivity contribution in [3.8, 4) is 0 Å². The summed E-state index contributed by atoms with van der Waals surface area (Å²) in [6.45, 7) is 4.21. The molecule has 0 amide bonds. The van der Waals surface area contributed by atoms with Gasteiger partial charge in [-0.25, -0.2) is 4.39 Å². The number of nitrogens with zero attached hydrogens (tertiary/aromatic N) is 1. The van der Waals surface area contributed by atoms with Crippen LogP contribution in [0.15, 0.2) is 24.3 Å². The van der Waals surface area contributed by atoms with Gasteiger partial charge in [-0.05, 0) is 26.1 Å². The van der Waals surface area contributed by atoms with Gasteiger partial charge in [-0.2, -0.15) is 0 Å². The Balaban J connectivity index is 2.14. The fraction of sp³-hybridized carbons (Fsp3) is 0.571. The highest BCUT2D eigenvalue weighted by Gasteiger charge is 2.04. The summed E-state index contributed by atoms with van der Waals surface area (Å²) in [5, 5.41) is 3.34. The summed E-state index contributed by atoms with van der Waals surface area (Å²) in [4.78, 5) is 2.11. The first kappa shape index (κ1) is 15.1. The number of halogens is 1. The Hall–Kier alpha value is -0.970. The average Bonchev–Trinajstić information content (AvgIpc) is 2.36. The molecule has 0 atom stereocenters. The van der Waals surface area contributed by atoms with E-state index in [1.807, 2.05) is 19.2 Å². The van der Waals surface area contributed by atoms with Crippen molar-refractivity contribution in [1.29, 1.82) is 0 Å². The molecule has 102 valence electrons. The van der Waals surface area contributed by atoms with E-state index in [1.54, 1.807) is 13.2 Å². The van der Waals surface area contributed by atoms with Crippen LogP contribution in [-0.2, 0) is 11.3 Å². The van der Waals surface area contributed by atoms with E-state index in [2.05, 4.69) is 10.2 Å². The minimum Gasteiger partial charge on any atom is -0.385 e. The van der Waals surface area contributed by atoms with Crippen molar-refractivity contribution >= 4 is 0 Å². The summed E-state index contributed by atoms with van der Waals surface area (Å²) in [7, 11) is 3.71. The monoisotopic (exact) mass is 254 g/mol. The summed E-state index contributed by atoms with van der Waals surface area (Å²) in [6.07, 6.45) is 1.02. The van der Waals surface area contributed by atoms with Gasteiger partial charge in [-0.15, -0.1) is 0 Å². The minimum absolute atomic E-state index is 0.127. The molecule has 0 radical (unpaired) electrons. The maximum absolute atomic E-state index is 13.4. The number of benzene rings is 1. The molecule has 1 aromatic carbocycles. The minimum atomic E-state index is -0.127. The Morgan fingerprint density at radius 1 is 1.28 bits per heavy atom. The van der Waals surface area contributed by atoms with Gasteiger partial charge in [0.15, 0.2) is 0 Å². The molecule has 0 unspecified atom stereocenters. The molecule has 18 heavy (non-hydrogen) atoms.